The molecule has 1 saturated carbocycles. The number of ether oxygens (including phenoxy) is 2. The van der Waals surface area contributed by atoms with E-state index in [-0.39, 0.29) is 12.4 Å². The Hall–Kier alpha value is -3.19. The molecule has 0 amide bonds. The smallest absolute Gasteiger partial charge is 0.339 e. The van der Waals surface area contributed by atoms with Crippen LogP contribution < -0.4 is 10.5 Å². The summed E-state index contributed by atoms with van der Waals surface area (Å²) in [5.74, 6) is -0.397. The third-order valence-corrected chi connectivity index (χ3v) is 5.74. The van der Waals surface area contributed by atoms with E-state index in [0.29, 0.717) is 47.3 Å². The Morgan fingerprint density at radius 3 is 2.56 bits per heavy atom. The Bertz CT molecular complexity index is 1190. The molecule has 0 unspecified atom stereocenters. The molecule has 1 fully saturated rings. The Kier molecular flexibility index (Phi) is 6.75. The summed E-state index contributed by atoms with van der Waals surface area (Å²) in [4.78, 5) is 17.4. The van der Waals surface area contributed by atoms with Gasteiger partial charge in [0.2, 0.25) is 0 Å². The van der Waals surface area contributed by atoms with Crippen molar-refractivity contribution in [1.82, 2.24) is 9.55 Å². The van der Waals surface area contributed by atoms with Crippen LogP contribution in [0, 0.1) is 5.82 Å². The van der Waals surface area contributed by atoms with Gasteiger partial charge in [0.1, 0.15) is 11.4 Å². The fourth-order valence-electron chi connectivity index (χ4n) is 4.04. The number of esters is 1. The van der Waals surface area contributed by atoms with E-state index in [4.69, 9.17) is 15.2 Å². The van der Waals surface area contributed by atoms with Crippen molar-refractivity contribution >= 4 is 5.97 Å². The number of hydrogen-bond acceptors (Lipinski definition) is 5. The van der Waals surface area contributed by atoms with Crippen LogP contribution in [0.3, 0.4) is 0 Å². The number of carbonyl (C=O) groups is 1. The number of nitrogens with two attached hydrogens (primary N) is 1. The number of imidazole rings is 1. The molecule has 3 aromatic rings. The van der Waals surface area contributed by atoms with E-state index in [9.17, 15) is 4.79 Å². The van der Waals surface area contributed by atoms with Crippen molar-refractivity contribution in [3.05, 3.63) is 70.8 Å². The van der Waals surface area contributed by atoms with Gasteiger partial charge in [0.15, 0.2) is 0 Å². The molecular weight excluding hydrogens is 433 g/mol. The van der Waals surface area contributed by atoms with Crippen LogP contribution in [0.2, 0.25) is 0 Å². The normalized spacial score (nSPS) is 13.7. The highest BCUT2D eigenvalue weighted by Gasteiger charge is 2.31. The molecule has 0 saturated heterocycles. The third kappa shape index (κ3) is 5.14. The predicted molar refractivity (Wildman–Crippen MR) is 129 cm³/mol. The average molecular weight is 466 g/mol. The van der Waals surface area contributed by atoms with Gasteiger partial charge in [-0.15, -0.1) is 0 Å². The first-order valence-electron chi connectivity index (χ1n) is 11.7. The van der Waals surface area contributed by atoms with Gasteiger partial charge in [0.25, 0.3) is 6.01 Å². The lowest BCUT2D eigenvalue weighted by Gasteiger charge is -2.20. The highest BCUT2D eigenvalue weighted by atomic mass is 19.1. The number of aromatic nitrogens is 2. The fourth-order valence-corrected chi connectivity index (χ4v) is 4.04. The maximum atomic E-state index is 15.3. The SMILES string of the molecule is CCOc1nc(C2CC2)c(CN)n1Cc1ccc(-c2ccccc2C(=O)OC(C)(C)C)cc1F. The molecule has 1 heterocycles. The van der Waals surface area contributed by atoms with Gasteiger partial charge in [0.05, 0.1) is 30.1 Å². The van der Waals surface area contributed by atoms with E-state index >= 15 is 4.39 Å². The highest BCUT2D eigenvalue weighted by molar-refractivity contribution is 5.97. The largest absolute Gasteiger partial charge is 0.465 e. The molecule has 34 heavy (non-hydrogen) atoms. The summed E-state index contributed by atoms with van der Waals surface area (Å²) in [5.41, 5.74) is 9.42. The van der Waals surface area contributed by atoms with Gasteiger partial charge in [-0.05, 0) is 63.8 Å². The van der Waals surface area contributed by atoms with E-state index in [1.165, 1.54) is 6.07 Å². The first-order valence-corrected chi connectivity index (χ1v) is 11.7. The predicted octanol–water partition coefficient (Wildman–Crippen LogP) is 5.43. The Balaban J connectivity index is 1.66. The quantitative estimate of drug-likeness (QED) is 0.449. The zero-order chi connectivity index (χ0) is 24.5. The van der Waals surface area contributed by atoms with Gasteiger partial charge in [-0.3, -0.25) is 4.57 Å². The molecule has 0 bridgehead atoms. The van der Waals surface area contributed by atoms with Crippen molar-refractivity contribution in [1.29, 1.82) is 0 Å². The maximum absolute atomic E-state index is 15.3. The molecule has 2 N–H and O–H groups in total. The van der Waals surface area contributed by atoms with Crippen molar-refractivity contribution in [2.75, 3.05) is 6.61 Å². The lowest BCUT2D eigenvalue weighted by molar-refractivity contribution is 0.00704. The summed E-state index contributed by atoms with van der Waals surface area (Å²) in [5, 5.41) is 0. The van der Waals surface area contributed by atoms with E-state index in [1.807, 2.05) is 44.4 Å². The van der Waals surface area contributed by atoms with Gasteiger partial charge in [-0.1, -0.05) is 30.3 Å². The second kappa shape index (κ2) is 9.58. The molecule has 1 aromatic heterocycles. The summed E-state index contributed by atoms with van der Waals surface area (Å²) >= 11 is 0. The first-order chi connectivity index (χ1) is 16.2. The monoisotopic (exact) mass is 465 g/mol. The molecule has 4 rings (SSSR count). The minimum absolute atomic E-state index is 0.265. The van der Waals surface area contributed by atoms with Crippen molar-refractivity contribution in [2.24, 2.45) is 5.73 Å². The van der Waals surface area contributed by atoms with Crippen molar-refractivity contribution < 1.29 is 18.7 Å². The summed E-state index contributed by atoms with van der Waals surface area (Å²) in [6.45, 7) is 8.40. The zero-order valence-electron chi connectivity index (χ0n) is 20.2. The van der Waals surface area contributed by atoms with Crippen molar-refractivity contribution in [2.45, 2.75) is 65.1 Å². The number of benzene rings is 2. The van der Waals surface area contributed by atoms with E-state index in [2.05, 4.69) is 4.98 Å². The molecular formula is C27H32FN3O3. The number of halogens is 1. The van der Waals surface area contributed by atoms with Gasteiger partial charge >= 0.3 is 5.97 Å². The fraction of sp³-hybridized carbons (Fsp3) is 0.407. The Morgan fingerprint density at radius 2 is 1.94 bits per heavy atom. The van der Waals surface area contributed by atoms with Gasteiger partial charge in [-0.2, -0.15) is 4.98 Å². The van der Waals surface area contributed by atoms with E-state index in [0.717, 1.165) is 24.2 Å². The number of nitrogens with zero attached hydrogens (tertiary/aromatic N) is 2. The van der Waals surface area contributed by atoms with Crippen molar-refractivity contribution in [3.8, 4) is 17.1 Å². The van der Waals surface area contributed by atoms with Crippen LogP contribution in [0.15, 0.2) is 42.5 Å². The molecule has 7 heteroatoms. The minimum Gasteiger partial charge on any atom is -0.465 e. The highest BCUT2D eigenvalue weighted by Crippen LogP contribution is 2.42. The Labute approximate surface area is 199 Å². The molecule has 180 valence electrons. The second-order valence-corrected chi connectivity index (χ2v) is 9.58. The van der Waals surface area contributed by atoms with E-state index in [1.54, 1.807) is 24.3 Å². The lowest BCUT2D eigenvalue weighted by atomic mass is 9.98. The van der Waals surface area contributed by atoms with Gasteiger partial charge < -0.3 is 15.2 Å². The minimum atomic E-state index is -0.623. The lowest BCUT2D eigenvalue weighted by Crippen LogP contribution is -2.24. The molecule has 0 spiro atoms. The van der Waals surface area contributed by atoms with E-state index < -0.39 is 11.6 Å². The van der Waals surface area contributed by atoms with Crippen LogP contribution in [-0.2, 0) is 17.8 Å². The summed E-state index contributed by atoms with van der Waals surface area (Å²) in [6, 6.07) is 12.6. The molecule has 0 aliphatic heterocycles. The first kappa shape index (κ1) is 24.0. The van der Waals surface area contributed by atoms with Crippen LogP contribution in [0.5, 0.6) is 6.01 Å². The summed E-state index contributed by atoms with van der Waals surface area (Å²) in [7, 11) is 0. The van der Waals surface area contributed by atoms with Crippen LogP contribution in [0.25, 0.3) is 11.1 Å². The third-order valence-electron chi connectivity index (χ3n) is 5.74. The average Bonchev–Trinajstić information content (AvgIpc) is 3.57. The standard InChI is InChI=1S/C27H32FN3O3/c1-5-33-26-30-24(17-10-11-17)23(15-29)31(26)16-19-13-12-18(14-22(19)28)20-8-6-7-9-21(20)25(32)34-27(2,3)4/h6-9,12-14,17H,5,10-11,15-16,29H2,1-4H3. The van der Waals surface area contributed by atoms with Crippen LogP contribution >= 0.6 is 0 Å². The molecule has 1 aliphatic rings. The number of carbonyl (C=O) groups excluding carboxylic acids is 1. The van der Waals surface area contributed by atoms with Gasteiger partial charge in [-0.25, -0.2) is 9.18 Å². The molecule has 6 nitrogen and oxygen atoms in total. The van der Waals surface area contributed by atoms with Crippen molar-refractivity contribution in [3.63, 3.8) is 0 Å². The molecule has 0 atom stereocenters. The summed E-state index contributed by atoms with van der Waals surface area (Å²) in [6.07, 6.45) is 2.19. The van der Waals surface area contributed by atoms with Crippen LogP contribution in [0.1, 0.15) is 73.8 Å². The molecule has 2 aromatic carbocycles. The molecule has 0 radical (unpaired) electrons. The zero-order valence-corrected chi connectivity index (χ0v) is 20.2. The second-order valence-electron chi connectivity index (χ2n) is 9.58. The summed E-state index contributed by atoms with van der Waals surface area (Å²) < 4.78 is 28.5. The molecule has 1 aliphatic carbocycles. The van der Waals surface area contributed by atoms with Crippen LogP contribution in [0.4, 0.5) is 4.39 Å². The topological polar surface area (TPSA) is 79.4 Å². The van der Waals surface area contributed by atoms with Crippen LogP contribution in [-0.4, -0.2) is 27.7 Å². The Morgan fingerprint density at radius 1 is 1.21 bits per heavy atom. The maximum Gasteiger partial charge on any atom is 0.339 e. The number of hydrogen-bond donors (Lipinski definition) is 1. The number of rotatable bonds is 8. The van der Waals surface area contributed by atoms with Gasteiger partial charge in [0, 0.05) is 18.0 Å².